The lowest BCUT2D eigenvalue weighted by Gasteiger charge is -2.09. The second-order valence-electron chi connectivity index (χ2n) is 3.21. The smallest absolute Gasteiger partial charge is 0.0410 e. The maximum Gasteiger partial charge on any atom is 0.0410 e. The predicted octanol–water partition coefficient (Wildman–Crippen LogP) is 2.81. The highest BCUT2D eigenvalue weighted by Crippen LogP contribution is 2.20. The molecule has 4 heteroatoms. The molecule has 0 amide bonds. The Hall–Kier alpha value is -0.0600. The number of thioether (sulfide) groups is 1. The van der Waals surface area contributed by atoms with Crippen LogP contribution in [-0.2, 0) is 5.75 Å². The van der Waals surface area contributed by atoms with Gasteiger partial charge in [-0.25, -0.2) is 0 Å². The number of halogens is 1. The Balaban J connectivity index is 2.37. The minimum absolute atomic E-state index is 0.624. The second-order valence-corrected chi connectivity index (χ2v) is 5.55. The van der Waals surface area contributed by atoms with E-state index in [9.17, 15) is 0 Å². The van der Waals surface area contributed by atoms with Crippen LogP contribution in [0.15, 0.2) is 22.9 Å². The highest BCUT2D eigenvalue weighted by Gasteiger charge is 2.02. The summed E-state index contributed by atoms with van der Waals surface area (Å²) in [5, 5.41) is 0.624. The van der Waals surface area contributed by atoms with Gasteiger partial charge in [0.05, 0.1) is 0 Å². The lowest BCUT2D eigenvalue weighted by atomic mass is 10.3. The monoisotopic (exact) mass is 274 g/mol. The standard InChI is InChI=1S/C10H15BrN2S/c1-8(2-3-12)14-7-9-4-10(11)6-13-5-9/h4-6,8H,2-3,7,12H2,1H3. The summed E-state index contributed by atoms with van der Waals surface area (Å²) in [6.45, 7) is 2.98. The van der Waals surface area contributed by atoms with E-state index in [1.807, 2.05) is 18.0 Å². The van der Waals surface area contributed by atoms with Crippen molar-refractivity contribution in [2.45, 2.75) is 24.3 Å². The molecule has 0 radical (unpaired) electrons. The number of hydrogen-bond acceptors (Lipinski definition) is 3. The van der Waals surface area contributed by atoms with Crippen LogP contribution >= 0.6 is 27.7 Å². The molecule has 1 unspecified atom stereocenters. The van der Waals surface area contributed by atoms with Crippen LogP contribution in [0.3, 0.4) is 0 Å². The summed E-state index contributed by atoms with van der Waals surface area (Å²) in [7, 11) is 0. The van der Waals surface area contributed by atoms with Crippen LogP contribution in [0.5, 0.6) is 0 Å². The van der Waals surface area contributed by atoms with E-state index < -0.39 is 0 Å². The summed E-state index contributed by atoms with van der Waals surface area (Å²) in [5.74, 6) is 1.01. The first-order chi connectivity index (χ1) is 6.72. The fourth-order valence-corrected chi connectivity index (χ4v) is 2.44. The number of pyridine rings is 1. The quantitative estimate of drug-likeness (QED) is 0.898. The molecule has 0 aromatic carbocycles. The van der Waals surface area contributed by atoms with Crippen LogP contribution in [0, 0.1) is 0 Å². The van der Waals surface area contributed by atoms with Gasteiger partial charge in [0.15, 0.2) is 0 Å². The highest BCUT2D eigenvalue weighted by atomic mass is 79.9. The van der Waals surface area contributed by atoms with Crippen molar-refractivity contribution >= 4 is 27.7 Å². The molecule has 1 aromatic heterocycles. The first kappa shape index (κ1) is 12.0. The molecule has 78 valence electrons. The SMILES string of the molecule is CC(CCN)SCc1cncc(Br)c1. The molecule has 1 rings (SSSR count). The molecular weight excluding hydrogens is 260 g/mol. The molecule has 1 aromatic rings. The third-order valence-corrected chi connectivity index (χ3v) is 3.61. The van der Waals surface area contributed by atoms with Crippen molar-refractivity contribution in [3.63, 3.8) is 0 Å². The minimum atomic E-state index is 0.624. The summed E-state index contributed by atoms with van der Waals surface area (Å²) in [6, 6.07) is 2.11. The number of nitrogens with two attached hydrogens (primary N) is 1. The zero-order valence-electron chi connectivity index (χ0n) is 8.24. The molecule has 0 fully saturated rings. The molecule has 0 saturated heterocycles. The molecule has 0 aliphatic carbocycles. The zero-order valence-corrected chi connectivity index (χ0v) is 10.6. The normalized spacial score (nSPS) is 12.8. The van der Waals surface area contributed by atoms with E-state index in [0.29, 0.717) is 5.25 Å². The topological polar surface area (TPSA) is 38.9 Å². The maximum atomic E-state index is 5.49. The Bertz CT molecular complexity index is 281. The van der Waals surface area contributed by atoms with Crippen molar-refractivity contribution in [3.05, 3.63) is 28.5 Å². The molecular formula is C10H15BrN2S. The van der Waals surface area contributed by atoms with Gasteiger partial charge in [-0.3, -0.25) is 4.98 Å². The van der Waals surface area contributed by atoms with E-state index in [4.69, 9.17) is 5.73 Å². The van der Waals surface area contributed by atoms with Crippen LogP contribution in [0.2, 0.25) is 0 Å². The third-order valence-electron chi connectivity index (χ3n) is 1.87. The van der Waals surface area contributed by atoms with E-state index in [-0.39, 0.29) is 0 Å². The van der Waals surface area contributed by atoms with Gasteiger partial charge in [0.2, 0.25) is 0 Å². The van der Waals surface area contributed by atoms with Crippen LogP contribution in [0.1, 0.15) is 18.9 Å². The Morgan fingerprint density at radius 1 is 1.57 bits per heavy atom. The Labute approximate surface area is 97.8 Å². The second kappa shape index (κ2) is 6.43. The Morgan fingerprint density at radius 3 is 3.00 bits per heavy atom. The molecule has 1 heterocycles. The van der Waals surface area contributed by atoms with Crippen LogP contribution in [-0.4, -0.2) is 16.8 Å². The average molecular weight is 275 g/mol. The summed E-state index contributed by atoms with van der Waals surface area (Å²) >= 11 is 5.33. The Kier molecular flexibility index (Phi) is 5.52. The molecule has 2 nitrogen and oxygen atoms in total. The van der Waals surface area contributed by atoms with Crippen molar-refractivity contribution in [1.82, 2.24) is 4.98 Å². The Morgan fingerprint density at radius 2 is 2.36 bits per heavy atom. The molecule has 14 heavy (non-hydrogen) atoms. The minimum Gasteiger partial charge on any atom is -0.330 e. The number of hydrogen-bond donors (Lipinski definition) is 1. The van der Waals surface area contributed by atoms with Crippen molar-refractivity contribution < 1.29 is 0 Å². The first-order valence-corrected chi connectivity index (χ1v) is 6.47. The van der Waals surface area contributed by atoms with Gasteiger partial charge in [0.25, 0.3) is 0 Å². The van der Waals surface area contributed by atoms with E-state index in [1.54, 1.807) is 6.20 Å². The van der Waals surface area contributed by atoms with Gasteiger partial charge in [-0.15, -0.1) is 0 Å². The number of rotatable bonds is 5. The fraction of sp³-hybridized carbons (Fsp3) is 0.500. The number of aromatic nitrogens is 1. The average Bonchev–Trinajstić information content (AvgIpc) is 2.15. The van der Waals surface area contributed by atoms with Gasteiger partial charge in [-0.05, 0) is 40.5 Å². The lowest BCUT2D eigenvalue weighted by Crippen LogP contribution is -2.07. The van der Waals surface area contributed by atoms with E-state index in [0.717, 1.165) is 23.2 Å². The zero-order chi connectivity index (χ0) is 10.4. The van der Waals surface area contributed by atoms with E-state index in [2.05, 4.69) is 33.9 Å². The van der Waals surface area contributed by atoms with Crippen LogP contribution in [0.4, 0.5) is 0 Å². The summed E-state index contributed by atoms with van der Waals surface area (Å²) in [6.07, 6.45) is 4.79. The lowest BCUT2D eigenvalue weighted by molar-refractivity contribution is 0.823. The largest absolute Gasteiger partial charge is 0.330 e. The van der Waals surface area contributed by atoms with Crippen molar-refractivity contribution in [2.24, 2.45) is 5.73 Å². The highest BCUT2D eigenvalue weighted by molar-refractivity contribution is 9.10. The summed E-state index contributed by atoms with van der Waals surface area (Å²) in [4.78, 5) is 4.12. The van der Waals surface area contributed by atoms with Crippen LogP contribution < -0.4 is 5.73 Å². The molecule has 0 spiro atoms. The maximum absolute atomic E-state index is 5.49. The molecule has 0 aliphatic rings. The first-order valence-electron chi connectivity index (χ1n) is 4.63. The van der Waals surface area contributed by atoms with Crippen molar-refractivity contribution in [2.75, 3.05) is 6.54 Å². The molecule has 0 saturated carbocycles. The van der Waals surface area contributed by atoms with Gasteiger partial charge in [0.1, 0.15) is 0 Å². The van der Waals surface area contributed by atoms with Gasteiger partial charge in [0, 0.05) is 27.9 Å². The fourth-order valence-electron chi connectivity index (χ4n) is 1.09. The van der Waals surface area contributed by atoms with E-state index >= 15 is 0 Å². The predicted molar refractivity (Wildman–Crippen MR) is 66.4 cm³/mol. The number of nitrogens with zero attached hydrogens (tertiary/aromatic N) is 1. The molecule has 0 bridgehead atoms. The van der Waals surface area contributed by atoms with Gasteiger partial charge < -0.3 is 5.73 Å². The summed E-state index contributed by atoms with van der Waals surface area (Å²) in [5.41, 5.74) is 6.75. The van der Waals surface area contributed by atoms with Gasteiger partial charge in [-0.2, -0.15) is 11.8 Å². The molecule has 1 atom stereocenters. The summed E-state index contributed by atoms with van der Waals surface area (Å²) < 4.78 is 1.04. The van der Waals surface area contributed by atoms with Crippen LogP contribution in [0.25, 0.3) is 0 Å². The molecule has 2 N–H and O–H groups in total. The third kappa shape index (κ3) is 4.44. The van der Waals surface area contributed by atoms with Crippen molar-refractivity contribution in [1.29, 1.82) is 0 Å². The van der Waals surface area contributed by atoms with Crippen molar-refractivity contribution in [3.8, 4) is 0 Å². The van der Waals surface area contributed by atoms with E-state index in [1.165, 1.54) is 5.56 Å². The van der Waals surface area contributed by atoms with Gasteiger partial charge in [-0.1, -0.05) is 6.92 Å². The molecule has 0 aliphatic heterocycles. The van der Waals surface area contributed by atoms with Gasteiger partial charge >= 0.3 is 0 Å².